The fourth-order valence-corrected chi connectivity index (χ4v) is 0.943. The summed E-state index contributed by atoms with van der Waals surface area (Å²) in [4.78, 5) is 21.4. The van der Waals surface area contributed by atoms with Crippen molar-refractivity contribution < 1.29 is 24.2 Å². The summed E-state index contributed by atoms with van der Waals surface area (Å²) >= 11 is 0. The molecule has 1 amide bonds. The van der Waals surface area contributed by atoms with Crippen molar-refractivity contribution in [3.05, 3.63) is 0 Å². The van der Waals surface area contributed by atoms with Crippen LogP contribution in [0.25, 0.3) is 0 Å². The van der Waals surface area contributed by atoms with Gasteiger partial charge in [-0.3, -0.25) is 4.79 Å². The summed E-state index contributed by atoms with van der Waals surface area (Å²) in [5, 5.41) is 10.9. The fraction of sp³-hybridized carbons (Fsp3) is 0.800. The van der Waals surface area contributed by atoms with Crippen LogP contribution in [0.5, 0.6) is 0 Å². The molecule has 0 aliphatic rings. The van der Waals surface area contributed by atoms with E-state index < -0.39 is 11.6 Å². The molecule has 0 aliphatic heterocycles. The maximum absolute atomic E-state index is 11.4. The van der Waals surface area contributed by atoms with Crippen LogP contribution < -0.4 is 5.32 Å². The molecule has 0 fully saturated rings. The molecular formula is C10H19NO5. The van der Waals surface area contributed by atoms with Crippen molar-refractivity contribution in [3.8, 4) is 0 Å². The number of hydrogen-bond acceptors (Lipinski definition) is 4. The Kier molecular flexibility index (Phi) is 6.67. The molecule has 16 heavy (non-hydrogen) atoms. The molecule has 94 valence electrons. The third kappa shape index (κ3) is 8.19. The van der Waals surface area contributed by atoms with Gasteiger partial charge in [0.25, 0.3) is 0 Å². The fourth-order valence-electron chi connectivity index (χ4n) is 0.943. The zero-order chi connectivity index (χ0) is 12.6. The van der Waals surface area contributed by atoms with Gasteiger partial charge in [0.1, 0.15) is 6.61 Å². The summed E-state index contributed by atoms with van der Waals surface area (Å²) in [6.07, 6.45) is 0.252. The topological polar surface area (TPSA) is 84.9 Å². The lowest BCUT2D eigenvalue weighted by Crippen LogP contribution is -2.35. The van der Waals surface area contributed by atoms with Gasteiger partial charge in [-0.15, -0.1) is 0 Å². The highest BCUT2D eigenvalue weighted by atomic mass is 16.5. The molecule has 0 aromatic carbocycles. The molecule has 6 heteroatoms. The maximum Gasteiger partial charge on any atom is 0.329 e. The third-order valence-corrected chi connectivity index (χ3v) is 1.93. The second-order valence-electron chi connectivity index (χ2n) is 3.94. The first-order valence-electron chi connectivity index (χ1n) is 4.99. The SMILES string of the molecule is COC(C)(C)CC(=O)NCCOCC(=O)O. The molecule has 0 saturated carbocycles. The lowest BCUT2D eigenvalue weighted by molar-refractivity contribution is -0.142. The molecule has 0 saturated heterocycles. The van der Waals surface area contributed by atoms with Gasteiger partial charge < -0.3 is 19.9 Å². The monoisotopic (exact) mass is 233 g/mol. The Hall–Kier alpha value is -1.14. The number of carboxylic acids is 1. The first-order chi connectivity index (χ1) is 7.37. The van der Waals surface area contributed by atoms with E-state index in [0.29, 0.717) is 6.54 Å². The van der Waals surface area contributed by atoms with Gasteiger partial charge in [-0.2, -0.15) is 0 Å². The van der Waals surface area contributed by atoms with E-state index in [1.807, 2.05) is 13.8 Å². The van der Waals surface area contributed by atoms with Crippen LogP contribution in [0, 0.1) is 0 Å². The number of amides is 1. The van der Waals surface area contributed by atoms with E-state index in [1.165, 1.54) is 0 Å². The standard InChI is InChI=1S/C10H19NO5/c1-10(2,15-3)6-8(12)11-4-5-16-7-9(13)14/h4-7H2,1-3H3,(H,11,12)(H,13,14). The molecule has 0 rings (SSSR count). The van der Waals surface area contributed by atoms with Crippen LogP contribution in [0.1, 0.15) is 20.3 Å². The first kappa shape index (κ1) is 14.9. The largest absolute Gasteiger partial charge is 0.480 e. The third-order valence-electron chi connectivity index (χ3n) is 1.93. The minimum Gasteiger partial charge on any atom is -0.480 e. The molecule has 2 N–H and O–H groups in total. The normalized spacial score (nSPS) is 11.2. The molecule has 0 atom stereocenters. The van der Waals surface area contributed by atoms with E-state index in [2.05, 4.69) is 5.32 Å². The predicted octanol–water partition coefficient (Wildman–Crippen LogP) is 0.0189. The Morgan fingerprint density at radius 1 is 1.38 bits per heavy atom. The summed E-state index contributed by atoms with van der Waals surface area (Å²) in [7, 11) is 1.54. The van der Waals surface area contributed by atoms with Gasteiger partial charge >= 0.3 is 5.97 Å². The van der Waals surface area contributed by atoms with E-state index in [0.717, 1.165) is 0 Å². The number of rotatable bonds is 8. The van der Waals surface area contributed by atoms with Gasteiger partial charge in [-0.1, -0.05) is 0 Å². The van der Waals surface area contributed by atoms with Crippen molar-refractivity contribution in [1.82, 2.24) is 5.32 Å². The number of ether oxygens (including phenoxy) is 2. The average Bonchev–Trinajstić information content (AvgIpc) is 2.16. The van der Waals surface area contributed by atoms with Crippen LogP contribution in [-0.4, -0.2) is 49.5 Å². The minimum absolute atomic E-state index is 0.147. The van der Waals surface area contributed by atoms with Gasteiger partial charge in [0.2, 0.25) is 5.91 Å². The molecule has 0 spiro atoms. The van der Waals surface area contributed by atoms with Gasteiger partial charge in [-0.25, -0.2) is 4.79 Å². The van der Waals surface area contributed by atoms with E-state index in [1.54, 1.807) is 7.11 Å². The van der Waals surface area contributed by atoms with Crippen LogP contribution >= 0.6 is 0 Å². The molecule has 0 bridgehead atoms. The summed E-state index contributed by atoms with van der Waals surface area (Å²) in [5.74, 6) is -1.17. The Bertz CT molecular complexity index is 239. The Balaban J connectivity index is 3.55. The highest BCUT2D eigenvalue weighted by Gasteiger charge is 2.20. The smallest absolute Gasteiger partial charge is 0.329 e. The lowest BCUT2D eigenvalue weighted by atomic mass is 10.1. The number of carboxylic acid groups (broad SMARTS) is 1. The van der Waals surface area contributed by atoms with Crippen LogP contribution in [0.2, 0.25) is 0 Å². The van der Waals surface area contributed by atoms with Crippen molar-refractivity contribution in [2.75, 3.05) is 26.9 Å². The molecule has 0 heterocycles. The zero-order valence-corrected chi connectivity index (χ0v) is 9.91. The van der Waals surface area contributed by atoms with Gasteiger partial charge in [-0.05, 0) is 13.8 Å². The average molecular weight is 233 g/mol. The molecule has 6 nitrogen and oxygen atoms in total. The molecule has 0 unspecified atom stereocenters. The number of nitrogens with one attached hydrogen (secondary N) is 1. The predicted molar refractivity (Wildman–Crippen MR) is 57.2 cm³/mol. The number of methoxy groups -OCH3 is 1. The first-order valence-corrected chi connectivity index (χ1v) is 4.99. The van der Waals surface area contributed by atoms with Gasteiger partial charge in [0.15, 0.2) is 0 Å². The van der Waals surface area contributed by atoms with E-state index in [4.69, 9.17) is 14.6 Å². The van der Waals surface area contributed by atoms with Crippen LogP contribution in [-0.2, 0) is 19.1 Å². The molecule has 0 radical (unpaired) electrons. The van der Waals surface area contributed by atoms with Gasteiger partial charge in [0.05, 0.1) is 18.6 Å². The quantitative estimate of drug-likeness (QED) is 0.577. The molecule has 0 aromatic rings. The molecular weight excluding hydrogens is 214 g/mol. The Labute approximate surface area is 94.9 Å². The highest BCUT2D eigenvalue weighted by Crippen LogP contribution is 2.11. The Morgan fingerprint density at radius 2 is 2.00 bits per heavy atom. The van der Waals surface area contributed by atoms with Crippen LogP contribution in [0.3, 0.4) is 0 Å². The Morgan fingerprint density at radius 3 is 2.50 bits per heavy atom. The van der Waals surface area contributed by atoms with Crippen molar-refractivity contribution in [3.63, 3.8) is 0 Å². The van der Waals surface area contributed by atoms with Crippen molar-refractivity contribution in [2.24, 2.45) is 0 Å². The maximum atomic E-state index is 11.4. The van der Waals surface area contributed by atoms with Gasteiger partial charge in [0, 0.05) is 13.7 Å². The van der Waals surface area contributed by atoms with Crippen molar-refractivity contribution in [1.29, 1.82) is 0 Å². The van der Waals surface area contributed by atoms with Crippen molar-refractivity contribution in [2.45, 2.75) is 25.9 Å². The summed E-state index contributed by atoms with van der Waals surface area (Å²) in [5.41, 5.74) is -0.494. The molecule has 0 aromatic heterocycles. The van der Waals surface area contributed by atoms with Crippen molar-refractivity contribution >= 4 is 11.9 Å². The minimum atomic E-state index is -1.02. The number of hydrogen-bond donors (Lipinski definition) is 2. The zero-order valence-electron chi connectivity index (χ0n) is 9.91. The van der Waals surface area contributed by atoms with E-state index in [9.17, 15) is 9.59 Å². The summed E-state index contributed by atoms with van der Waals surface area (Å²) in [6, 6.07) is 0. The number of aliphatic carboxylic acids is 1. The second-order valence-corrected chi connectivity index (χ2v) is 3.94. The second kappa shape index (κ2) is 7.19. The van der Waals surface area contributed by atoms with E-state index in [-0.39, 0.29) is 25.5 Å². The van der Waals surface area contributed by atoms with Crippen LogP contribution in [0.4, 0.5) is 0 Å². The number of carbonyl (C=O) groups excluding carboxylic acids is 1. The lowest BCUT2D eigenvalue weighted by Gasteiger charge is -2.21. The summed E-state index contributed by atoms with van der Waals surface area (Å²) < 4.78 is 9.85. The molecule has 0 aliphatic carbocycles. The highest BCUT2D eigenvalue weighted by molar-refractivity contribution is 5.76. The number of carbonyl (C=O) groups is 2. The summed E-state index contributed by atoms with van der Waals surface area (Å²) in [6.45, 7) is 3.76. The van der Waals surface area contributed by atoms with Crippen LogP contribution in [0.15, 0.2) is 0 Å². The van der Waals surface area contributed by atoms with E-state index >= 15 is 0 Å².